The maximum atomic E-state index is 11.8. The summed E-state index contributed by atoms with van der Waals surface area (Å²) in [5, 5.41) is 3.28. The van der Waals surface area contributed by atoms with Crippen LogP contribution in [0.2, 0.25) is 5.02 Å². The highest BCUT2D eigenvalue weighted by Crippen LogP contribution is 2.24. The van der Waals surface area contributed by atoms with Crippen molar-refractivity contribution >= 4 is 17.5 Å². The van der Waals surface area contributed by atoms with Gasteiger partial charge in [-0.25, -0.2) is 0 Å². The third-order valence-corrected chi connectivity index (χ3v) is 2.85. The van der Waals surface area contributed by atoms with E-state index in [4.69, 9.17) is 22.1 Å². The van der Waals surface area contributed by atoms with Crippen LogP contribution in [0.15, 0.2) is 24.3 Å². The molecule has 0 aliphatic heterocycles. The molecule has 2 unspecified atom stereocenters. The number of hydrogen-bond acceptors (Lipinski definition) is 3. The van der Waals surface area contributed by atoms with Gasteiger partial charge in [-0.2, -0.15) is 0 Å². The Morgan fingerprint density at radius 3 is 2.72 bits per heavy atom. The summed E-state index contributed by atoms with van der Waals surface area (Å²) in [6, 6.07) is 7.07. The van der Waals surface area contributed by atoms with E-state index in [0.29, 0.717) is 23.9 Å². The van der Waals surface area contributed by atoms with E-state index in [-0.39, 0.29) is 11.8 Å². The molecule has 1 amide bonds. The molecule has 2 atom stereocenters. The summed E-state index contributed by atoms with van der Waals surface area (Å²) in [7, 11) is 0. The van der Waals surface area contributed by atoms with Crippen molar-refractivity contribution in [3.63, 3.8) is 0 Å². The summed E-state index contributed by atoms with van der Waals surface area (Å²) in [5.41, 5.74) is 5.48. The van der Waals surface area contributed by atoms with Crippen molar-refractivity contribution in [2.24, 2.45) is 11.7 Å². The van der Waals surface area contributed by atoms with Crippen LogP contribution in [-0.2, 0) is 4.79 Å². The number of carbonyl (C=O) groups excluding carboxylic acids is 1. The maximum Gasteiger partial charge on any atom is 0.260 e. The van der Waals surface area contributed by atoms with Crippen LogP contribution < -0.4 is 15.8 Å². The van der Waals surface area contributed by atoms with Crippen molar-refractivity contribution in [1.29, 1.82) is 0 Å². The lowest BCUT2D eigenvalue weighted by Crippen LogP contribution is -2.39. The Morgan fingerprint density at radius 2 is 2.11 bits per heavy atom. The Morgan fingerprint density at radius 1 is 1.44 bits per heavy atom. The summed E-state index contributed by atoms with van der Waals surface area (Å²) >= 11 is 5.95. The van der Waals surface area contributed by atoms with Gasteiger partial charge in [-0.05, 0) is 31.5 Å². The first-order valence-corrected chi connectivity index (χ1v) is 6.31. The topological polar surface area (TPSA) is 64.3 Å². The Kier molecular flexibility index (Phi) is 5.95. The first kappa shape index (κ1) is 14.8. The quantitative estimate of drug-likeness (QED) is 0.829. The fraction of sp³-hybridized carbons (Fsp3) is 0.462. The largest absolute Gasteiger partial charge is 0.479 e. The third kappa shape index (κ3) is 4.55. The molecule has 5 heteroatoms. The molecule has 100 valence electrons. The number of halogens is 1. The number of nitrogens with one attached hydrogen (secondary N) is 1. The van der Waals surface area contributed by atoms with Crippen LogP contribution in [0, 0.1) is 5.92 Å². The molecule has 0 bridgehead atoms. The van der Waals surface area contributed by atoms with Gasteiger partial charge in [-0.15, -0.1) is 0 Å². The zero-order chi connectivity index (χ0) is 13.5. The van der Waals surface area contributed by atoms with E-state index in [1.54, 1.807) is 19.1 Å². The van der Waals surface area contributed by atoms with Crippen molar-refractivity contribution in [3.05, 3.63) is 29.3 Å². The van der Waals surface area contributed by atoms with E-state index in [1.807, 2.05) is 19.1 Å². The maximum absolute atomic E-state index is 11.8. The summed E-state index contributed by atoms with van der Waals surface area (Å²) in [4.78, 5) is 11.8. The number of benzene rings is 1. The molecule has 0 aromatic heterocycles. The van der Waals surface area contributed by atoms with Gasteiger partial charge in [-0.1, -0.05) is 30.7 Å². The lowest BCUT2D eigenvalue weighted by Gasteiger charge is -2.17. The number of nitrogens with two attached hydrogens (primary N) is 1. The van der Waals surface area contributed by atoms with Gasteiger partial charge in [0, 0.05) is 6.54 Å². The van der Waals surface area contributed by atoms with E-state index >= 15 is 0 Å². The van der Waals surface area contributed by atoms with Crippen molar-refractivity contribution in [1.82, 2.24) is 5.32 Å². The highest BCUT2D eigenvalue weighted by molar-refractivity contribution is 6.32. The Labute approximate surface area is 112 Å². The SMILES string of the molecule is CC(CN)CNC(=O)C(C)Oc1ccccc1Cl. The van der Waals surface area contributed by atoms with E-state index < -0.39 is 6.10 Å². The van der Waals surface area contributed by atoms with Crippen molar-refractivity contribution in [2.45, 2.75) is 20.0 Å². The van der Waals surface area contributed by atoms with Crippen LogP contribution in [0.1, 0.15) is 13.8 Å². The highest BCUT2D eigenvalue weighted by Gasteiger charge is 2.16. The summed E-state index contributed by atoms with van der Waals surface area (Å²) in [6.07, 6.45) is -0.588. The van der Waals surface area contributed by atoms with E-state index in [9.17, 15) is 4.79 Å². The fourth-order valence-corrected chi connectivity index (χ4v) is 1.47. The van der Waals surface area contributed by atoms with Crippen LogP contribution in [0.5, 0.6) is 5.75 Å². The molecule has 0 aliphatic carbocycles. The zero-order valence-electron chi connectivity index (χ0n) is 10.7. The first-order chi connectivity index (χ1) is 8.54. The lowest BCUT2D eigenvalue weighted by molar-refractivity contribution is -0.127. The molecular weight excluding hydrogens is 252 g/mol. The summed E-state index contributed by atoms with van der Waals surface area (Å²) in [6.45, 7) is 4.75. The molecule has 1 aromatic rings. The standard InChI is InChI=1S/C13H19ClN2O2/c1-9(7-15)8-16-13(17)10(2)18-12-6-4-3-5-11(12)14/h3-6,9-10H,7-8,15H2,1-2H3,(H,16,17). The summed E-state index contributed by atoms with van der Waals surface area (Å²) < 4.78 is 5.50. The first-order valence-electron chi connectivity index (χ1n) is 5.93. The van der Waals surface area contributed by atoms with Gasteiger partial charge < -0.3 is 15.8 Å². The van der Waals surface area contributed by atoms with E-state index in [2.05, 4.69) is 5.32 Å². The average molecular weight is 271 g/mol. The second-order valence-electron chi connectivity index (χ2n) is 4.28. The van der Waals surface area contributed by atoms with Crippen molar-refractivity contribution < 1.29 is 9.53 Å². The van der Waals surface area contributed by atoms with Crippen molar-refractivity contribution in [2.75, 3.05) is 13.1 Å². The zero-order valence-corrected chi connectivity index (χ0v) is 11.4. The van der Waals surface area contributed by atoms with Gasteiger partial charge in [0.1, 0.15) is 5.75 Å². The smallest absolute Gasteiger partial charge is 0.260 e. The fourth-order valence-electron chi connectivity index (χ4n) is 1.29. The molecule has 0 saturated heterocycles. The molecule has 0 heterocycles. The molecule has 0 saturated carbocycles. The molecule has 0 fully saturated rings. The second-order valence-corrected chi connectivity index (χ2v) is 4.68. The van der Waals surface area contributed by atoms with Crippen LogP contribution in [0.4, 0.5) is 0 Å². The predicted octanol–water partition coefficient (Wildman–Crippen LogP) is 1.82. The van der Waals surface area contributed by atoms with Gasteiger partial charge >= 0.3 is 0 Å². The molecule has 4 nitrogen and oxygen atoms in total. The lowest BCUT2D eigenvalue weighted by atomic mass is 10.2. The highest BCUT2D eigenvalue weighted by atomic mass is 35.5. The Balaban J connectivity index is 2.47. The number of rotatable bonds is 6. The number of hydrogen-bond donors (Lipinski definition) is 2. The van der Waals surface area contributed by atoms with Crippen LogP contribution in [0.3, 0.4) is 0 Å². The van der Waals surface area contributed by atoms with Gasteiger partial charge in [-0.3, -0.25) is 4.79 Å². The van der Waals surface area contributed by atoms with Crippen LogP contribution >= 0.6 is 11.6 Å². The Hall–Kier alpha value is -1.26. The second kappa shape index (κ2) is 7.24. The minimum Gasteiger partial charge on any atom is -0.479 e. The molecule has 0 radical (unpaired) electrons. The molecule has 0 spiro atoms. The monoisotopic (exact) mass is 270 g/mol. The molecule has 1 rings (SSSR count). The molecule has 18 heavy (non-hydrogen) atoms. The van der Waals surface area contributed by atoms with Crippen LogP contribution in [-0.4, -0.2) is 25.1 Å². The van der Waals surface area contributed by atoms with Gasteiger partial charge in [0.15, 0.2) is 6.10 Å². The summed E-state index contributed by atoms with van der Waals surface area (Å²) in [5.74, 6) is 0.588. The van der Waals surface area contributed by atoms with Gasteiger partial charge in [0.05, 0.1) is 5.02 Å². The molecule has 0 aliphatic rings. The molecular formula is C13H19ClN2O2. The van der Waals surface area contributed by atoms with E-state index in [0.717, 1.165) is 0 Å². The number of ether oxygens (including phenoxy) is 1. The third-order valence-electron chi connectivity index (χ3n) is 2.54. The normalized spacial score (nSPS) is 13.8. The van der Waals surface area contributed by atoms with Gasteiger partial charge in [0.2, 0.25) is 0 Å². The van der Waals surface area contributed by atoms with Crippen LogP contribution in [0.25, 0.3) is 0 Å². The van der Waals surface area contributed by atoms with Gasteiger partial charge in [0.25, 0.3) is 5.91 Å². The number of carbonyl (C=O) groups is 1. The minimum absolute atomic E-state index is 0.171. The molecule has 3 N–H and O–H groups in total. The van der Waals surface area contributed by atoms with Crippen molar-refractivity contribution in [3.8, 4) is 5.75 Å². The predicted molar refractivity (Wildman–Crippen MR) is 72.8 cm³/mol. The molecule has 1 aromatic carbocycles. The number of para-hydroxylation sites is 1. The Bertz CT molecular complexity index is 398. The average Bonchev–Trinajstić information content (AvgIpc) is 2.38. The minimum atomic E-state index is -0.588. The van der Waals surface area contributed by atoms with E-state index in [1.165, 1.54) is 0 Å². The number of amides is 1.